The van der Waals surface area contributed by atoms with Gasteiger partial charge in [-0.25, -0.2) is 0 Å². The summed E-state index contributed by atoms with van der Waals surface area (Å²) >= 11 is 9.50. The zero-order valence-corrected chi connectivity index (χ0v) is 14.7. The number of rotatable bonds is 5. The number of para-hydroxylation sites is 1. The van der Waals surface area contributed by atoms with E-state index in [2.05, 4.69) is 21.2 Å². The predicted octanol–water partition coefficient (Wildman–Crippen LogP) is 5.21. The second-order valence-electron chi connectivity index (χ2n) is 4.90. The predicted molar refractivity (Wildman–Crippen MR) is 93.7 cm³/mol. The monoisotopic (exact) mass is 381 g/mol. The molecule has 0 unspecified atom stereocenters. The Bertz CT molecular complexity index is 675. The molecule has 2 aromatic rings. The number of benzene rings is 2. The molecule has 0 spiro atoms. The summed E-state index contributed by atoms with van der Waals surface area (Å²) in [4.78, 5) is 12.4. The van der Waals surface area contributed by atoms with Crippen molar-refractivity contribution in [1.29, 1.82) is 0 Å². The van der Waals surface area contributed by atoms with Gasteiger partial charge in [0.15, 0.2) is 6.10 Å². The lowest BCUT2D eigenvalue weighted by molar-refractivity contribution is -0.122. The van der Waals surface area contributed by atoms with Crippen LogP contribution in [-0.2, 0) is 4.79 Å². The number of nitrogens with one attached hydrogen (secondary N) is 1. The molecule has 1 N–H and O–H groups in total. The minimum Gasteiger partial charge on any atom is -0.479 e. The molecule has 0 saturated heterocycles. The van der Waals surface area contributed by atoms with Crippen molar-refractivity contribution in [2.75, 3.05) is 5.32 Å². The molecule has 0 radical (unpaired) electrons. The van der Waals surface area contributed by atoms with Gasteiger partial charge in [-0.3, -0.25) is 4.79 Å². The molecule has 1 amide bonds. The molecule has 0 aromatic heterocycles. The van der Waals surface area contributed by atoms with Crippen LogP contribution in [-0.4, -0.2) is 12.0 Å². The SMILES string of the molecule is CC[C@@H](Oc1ccccc1Cl)C(=O)Nc1ccc(Br)c(C)c1. The second kappa shape index (κ2) is 7.65. The van der Waals surface area contributed by atoms with Crippen LogP contribution in [0, 0.1) is 6.92 Å². The molecule has 0 aliphatic rings. The van der Waals surface area contributed by atoms with Crippen LogP contribution < -0.4 is 10.1 Å². The molecule has 3 nitrogen and oxygen atoms in total. The Kier molecular flexibility index (Phi) is 5.86. The van der Waals surface area contributed by atoms with Crippen LogP contribution >= 0.6 is 27.5 Å². The van der Waals surface area contributed by atoms with Gasteiger partial charge in [0.05, 0.1) is 5.02 Å². The highest BCUT2D eigenvalue weighted by Crippen LogP contribution is 2.25. The van der Waals surface area contributed by atoms with Gasteiger partial charge in [-0.1, -0.05) is 46.6 Å². The molecule has 0 heterocycles. The average Bonchev–Trinajstić information content (AvgIpc) is 2.50. The summed E-state index contributed by atoms with van der Waals surface area (Å²) in [5, 5.41) is 3.37. The van der Waals surface area contributed by atoms with E-state index in [9.17, 15) is 4.79 Å². The van der Waals surface area contributed by atoms with E-state index in [0.29, 0.717) is 17.2 Å². The van der Waals surface area contributed by atoms with Crippen molar-refractivity contribution in [2.24, 2.45) is 0 Å². The second-order valence-corrected chi connectivity index (χ2v) is 6.16. The van der Waals surface area contributed by atoms with E-state index in [1.165, 1.54) is 0 Å². The molecule has 0 bridgehead atoms. The van der Waals surface area contributed by atoms with Crippen molar-refractivity contribution < 1.29 is 9.53 Å². The number of carbonyl (C=O) groups excluding carboxylic acids is 1. The number of hydrogen-bond donors (Lipinski definition) is 1. The largest absolute Gasteiger partial charge is 0.479 e. The molecule has 0 saturated carbocycles. The Hall–Kier alpha value is -1.52. The smallest absolute Gasteiger partial charge is 0.265 e. The first kappa shape index (κ1) is 16.8. The fourth-order valence-corrected chi connectivity index (χ4v) is 2.39. The topological polar surface area (TPSA) is 38.3 Å². The Morgan fingerprint density at radius 1 is 1.32 bits per heavy atom. The van der Waals surface area contributed by atoms with Gasteiger partial charge in [0.1, 0.15) is 5.75 Å². The van der Waals surface area contributed by atoms with Gasteiger partial charge in [-0.05, 0) is 49.2 Å². The van der Waals surface area contributed by atoms with Crippen LogP contribution in [0.2, 0.25) is 5.02 Å². The molecular formula is C17H17BrClNO2. The molecule has 0 aliphatic carbocycles. The van der Waals surface area contributed by atoms with Gasteiger partial charge >= 0.3 is 0 Å². The van der Waals surface area contributed by atoms with Crippen LogP contribution in [0.5, 0.6) is 5.75 Å². The quantitative estimate of drug-likeness (QED) is 0.771. The number of ether oxygens (including phenoxy) is 1. The minimum atomic E-state index is -0.594. The summed E-state index contributed by atoms with van der Waals surface area (Å²) in [6.07, 6.45) is -0.0455. The third-order valence-corrected chi connectivity index (χ3v) is 4.40. The Morgan fingerprint density at radius 2 is 2.05 bits per heavy atom. The first-order chi connectivity index (χ1) is 10.5. The minimum absolute atomic E-state index is 0.191. The first-order valence-corrected chi connectivity index (χ1v) is 8.16. The first-order valence-electron chi connectivity index (χ1n) is 6.99. The van der Waals surface area contributed by atoms with Gasteiger partial charge in [0.25, 0.3) is 5.91 Å². The Morgan fingerprint density at radius 3 is 2.68 bits per heavy atom. The molecule has 5 heteroatoms. The zero-order chi connectivity index (χ0) is 16.1. The average molecular weight is 383 g/mol. The highest BCUT2D eigenvalue weighted by atomic mass is 79.9. The van der Waals surface area contributed by atoms with Crippen molar-refractivity contribution in [3.05, 3.63) is 57.5 Å². The van der Waals surface area contributed by atoms with Gasteiger partial charge in [0, 0.05) is 10.2 Å². The standard InChI is InChI=1S/C17H17BrClNO2/c1-3-15(22-16-7-5-4-6-14(16)19)17(21)20-12-8-9-13(18)11(2)10-12/h4-10,15H,3H2,1-2H3,(H,20,21)/t15-/m1/s1. The van der Waals surface area contributed by atoms with Crippen molar-refractivity contribution in [1.82, 2.24) is 0 Å². The van der Waals surface area contributed by atoms with Crippen LogP contribution in [0.1, 0.15) is 18.9 Å². The van der Waals surface area contributed by atoms with Crippen LogP contribution in [0.4, 0.5) is 5.69 Å². The van der Waals surface area contributed by atoms with Gasteiger partial charge in [-0.2, -0.15) is 0 Å². The number of hydrogen-bond acceptors (Lipinski definition) is 2. The maximum atomic E-state index is 12.4. The lowest BCUT2D eigenvalue weighted by Gasteiger charge is -2.18. The number of carbonyl (C=O) groups is 1. The van der Waals surface area contributed by atoms with Crippen molar-refractivity contribution in [3.8, 4) is 5.75 Å². The van der Waals surface area contributed by atoms with E-state index in [0.717, 1.165) is 15.7 Å². The molecule has 2 rings (SSSR count). The van der Waals surface area contributed by atoms with Crippen LogP contribution in [0.25, 0.3) is 0 Å². The zero-order valence-electron chi connectivity index (χ0n) is 12.4. The number of amides is 1. The Balaban J connectivity index is 2.08. The van der Waals surface area contributed by atoms with E-state index < -0.39 is 6.10 Å². The summed E-state index contributed by atoms with van der Waals surface area (Å²) in [6, 6.07) is 12.8. The molecule has 1 atom stereocenters. The number of aryl methyl sites for hydroxylation is 1. The lowest BCUT2D eigenvalue weighted by Crippen LogP contribution is -2.32. The van der Waals surface area contributed by atoms with Crippen molar-refractivity contribution in [2.45, 2.75) is 26.4 Å². The van der Waals surface area contributed by atoms with E-state index in [1.807, 2.05) is 44.2 Å². The van der Waals surface area contributed by atoms with E-state index in [1.54, 1.807) is 12.1 Å². The summed E-state index contributed by atoms with van der Waals surface area (Å²) in [5.41, 5.74) is 1.80. The normalized spacial score (nSPS) is 11.8. The third kappa shape index (κ3) is 4.24. The fourth-order valence-electron chi connectivity index (χ4n) is 1.96. The van der Waals surface area contributed by atoms with Crippen LogP contribution in [0.3, 0.4) is 0 Å². The maximum absolute atomic E-state index is 12.4. The summed E-state index contributed by atoms with van der Waals surface area (Å²) in [7, 11) is 0. The molecular weight excluding hydrogens is 366 g/mol. The number of anilines is 1. The van der Waals surface area contributed by atoms with Crippen LogP contribution in [0.15, 0.2) is 46.9 Å². The molecule has 116 valence electrons. The Labute approximate surface area is 143 Å². The summed E-state index contributed by atoms with van der Waals surface area (Å²) in [5.74, 6) is 0.322. The van der Waals surface area contributed by atoms with E-state index in [4.69, 9.17) is 16.3 Å². The fraction of sp³-hybridized carbons (Fsp3) is 0.235. The van der Waals surface area contributed by atoms with Gasteiger partial charge < -0.3 is 10.1 Å². The molecule has 22 heavy (non-hydrogen) atoms. The van der Waals surface area contributed by atoms with Crippen molar-refractivity contribution >= 4 is 39.1 Å². The van der Waals surface area contributed by atoms with E-state index in [-0.39, 0.29) is 5.91 Å². The number of halogens is 2. The summed E-state index contributed by atoms with van der Waals surface area (Å²) in [6.45, 7) is 3.87. The van der Waals surface area contributed by atoms with Crippen molar-refractivity contribution in [3.63, 3.8) is 0 Å². The highest BCUT2D eigenvalue weighted by Gasteiger charge is 2.19. The lowest BCUT2D eigenvalue weighted by atomic mass is 10.2. The highest BCUT2D eigenvalue weighted by molar-refractivity contribution is 9.10. The summed E-state index contributed by atoms with van der Waals surface area (Å²) < 4.78 is 6.73. The maximum Gasteiger partial charge on any atom is 0.265 e. The van der Waals surface area contributed by atoms with Gasteiger partial charge in [-0.15, -0.1) is 0 Å². The van der Waals surface area contributed by atoms with Gasteiger partial charge in [0.2, 0.25) is 0 Å². The molecule has 0 fully saturated rings. The molecule has 2 aromatic carbocycles. The van der Waals surface area contributed by atoms with E-state index >= 15 is 0 Å². The molecule has 0 aliphatic heterocycles. The third-order valence-electron chi connectivity index (χ3n) is 3.19.